The first-order valence-electron chi connectivity index (χ1n) is 6.06. The molecule has 96 valence electrons. The van der Waals surface area contributed by atoms with Crippen molar-refractivity contribution in [2.45, 2.75) is 19.0 Å². The summed E-state index contributed by atoms with van der Waals surface area (Å²) < 4.78 is 4.83. The van der Waals surface area contributed by atoms with Gasteiger partial charge in [-0.3, -0.25) is 4.90 Å². The van der Waals surface area contributed by atoms with Gasteiger partial charge in [0.15, 0.2) is 0 Å². The van der Waals surface area contributed by atoms with Gasteiger partial charge in [0, 0.05) is 25.3 Å². The van der Waals surface area contributed by atoms with Gasteiger partial charge in [-0.15, -0.1) is 0 Å². The molecule has 0 fully saturated rings. The van der Waals surface area contributed by atoms with Gasteiger partial charge in [0.05, 0.1) is 5.69 Å². The highest BCUT2D eigenvalue weighted by molar-refractivity contribution is 5.19. The van der Waals surface area contributed by atoms with Gasteiger partial charge in [-0.2, -0.15) is 0 Å². The van der Waals surface area contributed by atoms with Crippen molar-refractivity contribution in [2.75, 3.05) is 13.7 Å². The molecule has 0 aliphatic rings. The normalized spacial score (nSPS) is 12.8. The fourth-order valence-corrected chi connectivity index (χ4v) is 2.12. The first-order valence-corrected chi connectivity index (χ1v) is 6.06. The van der Waals surface area contributed by atoms with Crippen LogP contribution in [0.1, 0.15) is 23.7 Å². The van der Waals surface area contributed by atoms with Crippen molar-refractivity contribution in [3.8, 4) is 0 Å². The van der Waals surface area contributed by atoms with Crippen molar-refractivity contribution in [2.24, 2.45) is 0 Å². The molecule has 0 aliphatic heterocycles. The minimum absolute atomic E-state index is 0.169. The van der Waals surface area contributed by atoms with Crippen LogP contribution in [-0.2, 0) is 6.54 Å². The zero-order valence-electron chi connectivity index (χ0n) is 10.5. The minimum Gasteiger partial charge on any atom is -0.396 e. The Balaban J connectivity index is 2.09. The van der Waals surface area contributed by atoms with Crippen molar-refractivity contribution >= 4 is 0 Å². The van der Waals surface area contributed by atoms with E-state index in [1.54, 1.807) is 6.26 Å². The summed E-state index contributed by atoms with van der Waals surface area (Å²) in [4.78, 5) is 2.17. The first kappa shape index (κ1) is 12.8. The molecule has 0 saturated heterocycles. The van der Waals surface area contributed by atoms with Crippen LogP contribution >= 0.6 is 0 Å². The average Bonchev–Trinajstić information content (AvgIpc) is 2.89. The molecule has 1 unspecified atom stereocenters. The van der Waals surface area contributed by atoms with Gasteiger partial charge in [-0.1, -0.05) is 35.5 Å². The van der Waals surface area contributed by atoms with Gasteiger partial charge in [-0.05, 0) is 19.0 Å². The molecule has 4 nitrogen and oxygen atoms in total. The monoisotopic (exact) mass is 246 g/mol. The highest BCUT2D eigenvalue weighted by Gasteiger charge is 2.17. The third kappa shape index (κ3) is 3.18. The summed E-state index contributed by atoms with van der Waals surface area (Å²) in [6, 6.07) is 12.2. The number of benzene rings is 1. The Labute approximate surface area is 107 Å². The Morgan fingerprint density at radius 3 is 2.67 bits per heavy atom. The van der Waals surface area contributed by atoms with E-state index >= 15 is 0 Å². The summed E-state index contributed by atoms with van der Waals surface area (Å²) in [5.74, 6) is 0. The summed E-state index contributed by atoms with van der Waals surface area (Å²) >= 11 is 0. The van der Waals surface area contributed by atoms with E-state index in [4.69, 9.17) is 4.52 Å². The summed E-state index contributed by atoms with van der Waals surface area (Å²) in [7, 11) is 2.03. The van der Waals surface area contributed by atoms with Crippen molar-refractivity contribution in [3.63, 3.8) is 0 Å². The highest BCUT2D eigenvalue weighted by atomic mass is 16.5. The van der Waals surface area contributed by atoms with Gasteiger partial charge in [-0.25, -0.2) is 0 Å². The SMILES string of the molecule is CN(Cc1ccon1)C(CCO)c1ccccc1. The number of hydrogen-bond donors (Lipinski definition) is 1. The quantitative estimate of drug-likeness (QED) is 0.849. The lowest BCUT2D eigenvalue weighted by atomic mass is 10.0. The molecule has 1 atom stereocenters. The summed E-state index contributed by atoms with van der Waals surface area (Å²) in [6.45, 7) is 0.874. The third-order valence-electron chi connectivity index (χ3n) is 3.02. The lowest BCUT2D eigenvalue weighted by molar-refractivity contribution is 0.177. The average molecular weight is 246 g/mol. The molecule has 1 aromatic carbocycles. The Morgan fingerprint density at radius 1 is 1.28 bits per heavy atom. The number of rotatable bonds is 6. The van der Waals surface area contributed by atoms with Crippen LogP contribution < -0.4 is 0 Å². The van der Waals surface area contributed by atoms with Gasteiger partial charge >= 0.3 is 0 Å². The third-order valence-corrected chi connectivity index (χ3v) is 3.02. The molecule has 0 spiro atoms. The molecule has 1 N–H and O–H groups in total. The molecule has 2 rings (SSSR count). The topological polar surface area (TPSA) is 49.5 Å². The number of aliphatic hydroxyl groups is 1. The summed E-state index contributed by atoms with van der Waals surface area (Å²) in [6.07, 6.45) is 2.28. The Bertz CT molecular complexity index is 442. The van der Waals surface area contributed by atoms with E-state index in [2.05, 4.69) is 22.2 Å². The molecule has 2 aromatic rings. The van der Waals surface area contributed by atoms with Crippen molar-refractivity contribution in [1.82, 2.24) is 10.1 Å². The number of nitrogens with zero attached hydrogens (tertiary/aromatic N) is 2. The van der Waals surface area contributed by atoms with E-state index < -0.39 is 0 Å². The number of aliphatic hydroxyl groups excluding tert-OH is 1. The van der Waals surface area contributed by atoms with E-state index in [0.29, 0.717) is 13.0 Å². The van der Waals surface area contributed by atoms with E-state index in [1.165, 1.54) is 5.56 Å². The lowest BCUT2D eigenvalue weighted by Gasteiger charge is -2.27. The number of aromatic nitrogens is 1. The smallest absolute Gasteiger partial charge is 0.124 e. The Kier molecular flexibility index (Phi) is 4.50. The first-order chi connectivity index (χ1) is 8.81. The van der Waals surface area contributed by atoms with Crippen LogP contribution in [0.25, 0.3) is 0 Å². The van der Waals surface area contributed by atoms with Gasteiger partial charge in [0.2, 0.25) is 0 Å². The van der Waals surface area contributed by atoms with Crippen LogP contribution in [0.2, 0.25) is 0 Å². The largest absolute Gasteiger partial charge is 0.396 e. The van der Waals surface area contributed by atoms with E-state index in [0.717, 1.165) is 5.69 Å². The highest BCUT2D eigenvalue weighted by Crippen LogP contribution is 2.23. The van der Waals surface area contributed by atoms with Crippen LogP contribution in [0.15, 0.2) is 47.2 Å². The van der Waals surface area contributed by atoms with Gasteiger partial charge in [0.25, 0.3) is 0 Å². The van der Waals surface area contributed by atoms with Crippen LogP contribution in [0.4, 0.5) is 0 Å². The molecule has 0 aliphatic carbocycles. The second-order valence-electron chi connectivity index (χ2n) is 4.34. The predicted octanol–water partition coefficient (Wildman–Crippen LogP) is 2.23. The van der Waals surface area contributed by atoms with E-state index in [1.807, 2.05) is 31.3 Å². The predicted molar refractivity (Wildman–Crippen MR) is 68.9 cm³/mol. The molecule has 0 amide bonds. The Hall–Kier alpha value is -1.65. The van der Waals surface area contributed by atoms with E-state index in [-0.39, 0.29) is 12.6 Å². The second-order valence-corrected chi connectivity index (χ2v) is 4.34. The molecular weight excluding hydrogens is 228 g/mol. The molecule has 0 radical (unpaired) electrons. The lowest BCUT2D eigenvalue weighted by Crippen LogP contribution is -2.25. The summed E-state index contributed by atoms with van der Waals surface area (Å²) in [5, 5.41) is 13.1. The van der Waals surface area contributed by atoms with Crippen LogP contribution in [0, 0.1) is 0 Å². The molecule has 0 saturated carbocycles. The van der Waals surface area contributed by atoms with Crippen molar-refractivity contribution in [1.29, 1.82) is 0 Å². The van der Waals surface area contributed by atoms with Crippen molar-refractivity contribution in [3.05, 3.63) is 53.9 Å². The van der Waals surface area contributed by atoms with Crippen molar-refractivity contribution < 1.29 is 9.63 Å². The molecular formula is C14H18N2O2. The molecule has 1 aromatic heterocycles. The maximum absolute atomic E-state index is 9.21. The van der Waals surface area contributed by atoms with Gasteiger partial charge < -0.3 is 9.63 Å². The van der Waals surface area contributed by atoms with Gasteiger partial charge in [0.1, 0.15) is 6.26 Å². The molecule has 0 bridgehead atoms. The maximum Gasteiger partial charge on any atom is 0.124 e. The maximum atomic E-state index is 9.21. The fourth-order valence-electron chi connectivity index (χ4n) is 2.12. The standard InChI is InChI=1S/C14H18N2O2/c1-16(11-13-8-10-18-15-13)14(7-9-17)12-5-3-2-4-6-12/h2-6,8,10,14,17H,7,9,11H2,1H3. The zero-order chi connectivity index (χ0) is 12.8. The van der Waals surface area contributed by atoms with Crippen LogP contribution in [0.3, 0.4) is 0 Å². The van der Waals surface area contributed by atoms with Crippen LogP contribution in [0.5, 0.6) is 0 Å². The zero-order valence-corrected chi connectivity index (χ0v) is 10.5. The van der Waals surface area contributed by atoms with Crippen LogP contribution in [-0.4, -0.2) is 28.8 Å². The summed E-state index contributed by atoms with van der Waals surface area (Å²) in [5.41, 5.74) is 2.11. The molecule has 18 heavy (non-hydrogen) atoms. The Morgan fingerprint density at radius 2 is 2.06 bits per heavy atom. The second kappa shape index (κ2) is 6.33. The minimum atomic E-state index is 0.169. The van der Waals surface area contributed by atoms with E-state index in [9.17, 15) is 5.11 Å². The molecule has 1 heterocycles. The fraction of sp³-hybridized carbons (Fsp3) is 0.357. The molecule has 4 heteroatoms. The number of hydrogen-bond acceptors (Lipinski definition) is 4.